The Kier molecular flexibility index (Phi) is 3.66. The second-order valence-electron chi connectivity index (χ2n) is 3.47. The van der Waals surface area contributed by atoms with Crippen LogP contribution >= 0.6 is 0 Å². The number of carbonyl (C=O) groups is 2. The lowest BCUT2D eigenvalue weighted by atomic mass is 9.89. The van der Waals surface area contributed by atoms with E-state index in [1.165, 1.54) is 0 Å². The van der Waals surface area contributed by atoms with Crippen molar-refractivity contribution in [3.63, 3.8) is 0 Å². The fraction of sp³-hybridized carbons (Fsp3) is 0.556. The van der Waals surface area contributed by atoms with Crippen LogP contribution in [-0.2, 0) is 9.59 Å². The van der Waals surface area contributed by atoms with Crippen LogP contribution in [0.25, 0.3) is 0 Å². The summed E-state index contributed by atoms with van der Waals surface area (Å²) in [5.74, 6) is -1.94. The zero-order valence-electron chi connectivity index (χ0n) is 8.13. The SMILES string of the molecule is C=CC(=O)NC(C)(C)C(C)C(=O)O. The molecule has 0 radical (unpaired) electrons. The molecule has 0 rings (SSSR count). The molecule has 0 aliphatic rings. The highest BCUT2D eigenvalue weighted by Gasteiger charge is 2.31. The van der Waals surface area contributed by atoms with E-state index in [0.29, 0.717) is 0 Å². The van der Waals surface area contributed by atoms with Crippen molar-refractivity contribution < 1.29 is 14.7 Å². The number of carboxylic acid groups (broad SMARTS) is 1. The van der Waals surface area contributed by atoms with Crippen molar-refractivity contribution >= 4 is 11.9 Å². The van der Waals surface area contributed by atoms with Crippen molar-refractivity contribution in [3.8, 4) is 0 Å². The molecule has 0 heterocycles. The fourth-order valence-corrected chi connectivity index (χ4v) is 0.786. The molecule has 0 aliphatic heterocycles. The van der Waals surface area contributed by atoms with Gasteiger partial charge in [0, 0.05) is 5.54 Å². The van der Waals surface area contributed by atoms with Gasteiger partial charge in [0.05, 0.1) is 5.92 Å². The van der Waals surface area contributed by atoms with Crippen LogP contribution < -0.4 is 5.32 Å². The van der Waals surface area contributed by atoms with Crippen LogP contribution in [0.3, 0.4) is 0 Å². The topological polar surface area (TPSA) is 66.4 Å². The molecule has 0 fully saturated rings. The molecule has 1 atom stereocenters. The molecule has 13 heavy (non-hydrogen) atoms. The van der Waals surface area contributed by atoms with Crippen LogP contribution in [0.5, 0.6) is 0 Å². The largest absolute Gasteiger partial charge is 0.481 e. The summed E-state index contributed by atoms with van der Waals surface area (Å²) in [6, 6.07) is 0. The van der Waals surface area contributed by atoms with Crippen molar-refractivity contribution in [2.45, 2.75) is 26.3 Å². The van der Waals surface area contributed by atoms with Crippen LogP contribution in [0.4, 0.5) is 0 Å². The summed E-state index contributed by atoms with van der Waals surface area (Å²) in [5.41, 5.74) is -0.767. The average Bonchev–Trinajstić information content (AvgIpc) is 2.01. The quantitative estimate of drug-likeness (QED) is 0.636. The first-order valence-corrected chi connectivity index (χ1v) is 3.98. The molecule has 0 aliphatic carbocycles. The molecule has 0 aromatic carbocycles. The lowest BCUT2D eigenvalue weighted by Crippen LogP contribution is -2.50. The number of carboxylic acids is 1. The van der Waals surface area contributed by atoms with E-state index in [-0.39, 0.29) is 5.91 Å². The molecule has 1 unspecified atom stereocenters. The van der Waals surface area contributed by atoms with Crippen LogP contribution in [0.2, 0.25) is 0 Å². The summed E-state index contributed by atoms with van der Waals surface area (Å²) >= 11 is 0. The van der Waals surface area contributed by atoms with Crippen molar-refractivity contribution in [1.29, 1.82) is 0 Å². The third-order valence-corrected chi connectivity index (χ3v) is 2.08. The molecule has 74 valence electrons. The molecule has 0 saturated carbocycles. The van der Waals surface area contributed by atoms with E-state index in [9.17, 15) is 9.59 Å². The number of carbonyl (C=O) groups excluding carboxylic acids is 1. The predicted molar refractivity (Wildman–Crippen MR) is 49.2 cm³/mol. The van der Waals surface area contributed by atoms with Gasteiger partial charge in [-0.05, 0) is 26.8 Å². The number of hydrogen-bond acceptors (Lipinski definition) is 2. The number of rotatable bonds is 4. The zero-order chi connectivity index (χ0) is 10.6. The first kappa shape index (κ1) is 11.7. The van der Waals surface area contributed by atoms with Gasteiger partial charge >= 0.3 is 5.97 Å². The Bertz CT molecular complexity index is 233. The molecule has 0 bridgehead atoms. The Balaban J connectivity index is 4.46. The van der Waals surface area contributed by atoms with Gasteiger partial charge in [0.15, 0.2) is 0 Å². The molecule has 0 saturated heterocycles. The van der Waals surface area contributed by atoms with Crippen molar-refractivity contribution in [2.75, 3.05) is 0 Å². The van der Waals surface area contributed by atoms with Crippen LogP contribution in [0.15, 0.2) is 12.7 Å². The van der Waals surface area contributed by atoms with Crippen molar-refractivity contribution in [2.24, 2.45) is 5.92 Å². The maximum absolute atomic E-state index is 10.9. The van der Waals surface area contributed by atoms with E-state index in [4.69, 9.17) is 5.11 Å². The Morgan fingerprint density at radius 1 is 1.54 bits per heavy atom. The molecule has 0 aromatic heterocycles. The van der Waals surface area contributed by atoms with Gasteiger partial charge in [-0.15, -0.1) is 0 Å². The second-order valence-corrected chi connectivity index (χ2v) is 3.47. The number of nitrogens with one attached hydrogen (secondary N) is 1. The van der Waals surface area contributed by atoms with Gasteiger partial charge in [-0.3, -0.25) is 9.59 Å². The first-order valence-electron chi connectivity index (χ1n) is 3.98. The number of amides is 1. The summed E-state index contributed by atoms with van der Waals surface area (Å²) in [6.07, 6.45) is 1.12. The maximum Gasteiger partial charge on any atom is 0.308 e. The van der Waals surface area contributed by atoms with Crippen molar-refractivity contribution in [1.82, 2.24) is 5.32 Å². The average molecular weight is 185 g/mol. The molecule has 4 heteroatoms. The molecule has 0 spiro atoms. The van der Waals surface area contributed by atoms with Gasteiger partial charge in [0.1, 0.15) is 0 Å². The smallest absolute Gasteiger partial charge is 0.308 e. The summed E-state index contributed by atoms with van der Waals surface area (Å²) in [6.45, 7) is 8.16. The minimum Gasteiger partial charge on any atom is -0.481 e. The molecule has 4 nitrogen and oxygen atoms in total. The van der Waals surface area contributed by atoms with Gasteiger partial charge in [-0.2, -0.15) is 0 Å². The molecule has 2 N–H and O–H groups in total. The summed E-state index contributed by atoms with van der Waals surface area (Å²) < 4.78 is 0. The summed E-state index contributed by atoms with van der Waals surface area (Å²) in [7, 11) is 0. The second kappa shape index (κ2) is 4.07. The summed E-state index contributed by atoms with van der Waals surface area (Å²) in [4.78, 5) is 21.6. The third kappa shape index (κ3) is 3.27. The lowest BCUT2D eigenvalue weighted by Gasteiger charge is -2.29. The Morgan fingerprint density at radius 3 is 2.31 bits per heavy atom. The van der Waals surface area contributed by atoms with Gasteiger partial charge in [-0.25, -0.2) is 0 Å². The molecular weight excluding hydrogens is 170 g/mol. The first-order chi connectivity index (χ1) is 5.81. The highest BCUT2D eigenvalue weighted by Crippen LogP contribution is 2.16. The van der Waals surface area contributed by atoms with Gasteiger partial charge < -0.3 is 10.4 Å². The monoisotopic (exact) mass is 185 g/mol. The fourth-order valence-electron chi connectivity index (χ4n) is 0.786. The van der Waals surface area contributed by atoms with E-state index in [2.05, 4.69) is 11.9 Å². The minimum atomic E-state index is -0.936. The molecule has 0 aromatic rings. The van der Waals surface area contributed by atoms with E-state index in [1.54, 1.807) is 20.8 Å². The van der Waals surface area contributed by atoms with Gasteiger partial charge in [0.2, 0.25) is 5.91 Å². The number of hydrogen-bond donors (Lipinski definition) is 2. The van der Waals surface area contributed by atoms with Crippen LogP contribution in [-0.4, -0.2) is 22.5 Å². The number of aliphatic carboxylic acids is 1. The van der Waals surface area contributed by atoms with Crippen LogP contribution in [0.1, 0.15) is 20.8 Å². The normalized spacial score (nSPS) is 13.2. The third-order valence-electron chi connectivity index (χ3n) is 2.08. The van der Waals surface area contributed by atoms with E-state index in [0.717, 1.165) is 6.08 Å². The van der Waals surface area contributed by atoms with Gasteiger partial charge in [0.25, 0.3) is 0 Å². The zero-order valence-corrected chi connectivity index (χ0v) is 8.13. The molecule has 1 amide bonds. The highest BCUT2D eigenvalue weighted by atomic mass is 16.4. The summed E-state index contributed by atoms with van der Waals surface area (Å²) in [5, 5.41) is 11.3. The van der Waals surface area contributed by atoms with E-state index < -0.39 is 17.4 Å². The standard InChI is InChI=1S/C9H15NO3/c1-5-7(11)10-9(3,4)6(2)8(12)13/h5-6H,1H2,2-4H3,(H,10,11)(H,12,13). The Morgan fingerprint density at radius 2 is 2.00 bits per heavy atom. The Labute approximate surface area is 77.6 Å². The minimum absolute atomic E-state index is 0.363. The highest BCUT2D eigenvalue weighted by molar-refractivity contribution is 5.88. The van der Waals surface area contributed by atoms with E-state index >= 15 is 0 Å². The predicted octanol–water partition coefficient (Wildman–Crippen LogP) is 0.788. The van der Waals surface area contributed by atoms with Crippen LogP contribution in [0, 0.1) is 5.92 Å². The van der Waals surface area contributed by atoms with Crippen molar-refractivity contribution in [3.05, 3.63) is 12.7 Å². The van der Waals surface area contributed by atoms with E-state index in [1.807, 2.05) is 0 Å². The molecular formula is C9H15NO3. The lowest BCUT2D eigenvalue weighted by molar-refractivity contribution is -0.143. The Hall–Kier alpha value is -1.32. The van der Waals surface area contributed by atoms with Gasteiger partial charge in [-0.1, -0.05) is 6.58 Å². The maximum atomic E-state index is 10.9.